The second-order valence-corrected chi connectivity index (χ2v) is 7.65. The minimum atomic E-state index is -0.334. The number of carbonyl (C=O) groups excluding carboxylic acids is 1. The van der Waals surface area contributed by atoms with E-state index < -0.39 is 0 Å². The lowest BCUT2D eigenvalue weighted by molar-refractivity contribution is -0.159. The molecule has 0 amide bonds. The van der Waals surface area contributed by atoms with Gasteiger partial charge in [-0.1, -0.05) is 27.2 Å². The van der Waals surface area contributed by atoms with Crippen molar-refractivity contribution in [3.05, 3.63) is 0 Å². The third-order valence-corrected chi connectivity index (χ3v) is 5.85. The van der Waals surface area contributed by atoms with Crippen LogP contribution in [0.25, 0.3) is 0 Å². The number of ether oxygens (including phenoxy) is 3. The fourth-order valence-corrected chi connectivity index (χ4v) is 4.05. The van der Waals surface area contributed by atoms with Crippen molar-refractivity contribution < 1.29 is 19.0 Å². The van der Waals surface area contributed by atoms with Gasteiger partial charge in [-0.3, -0.25) is 4.79 Å². The molecule has 1 saturated carbocycles. The van der Waals surface area contributed by atoms with E-state index in [-0.39, 0.29) is 17.5 Å². The van der Waals surface area contributed by atoms with Crippen LogP contribution in [0.15, 0.2) is 0 Å². The van der Waals surface area contributed by atoms with Gasteiger partial charge in [-0.25, -0.2) is 0 Å². The Morgan fingerprint density at radius 2 is 2.17 bits per heavy atom. The SMILES string of the molecule is CCCCOC(=O)[C@@]1(C(C)C)CC[C@@H](N[C@H]2CCOC[C@H]2OC)C1. The predicted octanol–water partition coefficient (Wildman–Crippen LogP) is 2.92. The van der Waals surface area contributed by atoms with Crippen molar-refractivity contribution in [2.75, 3.05) is 26.9 Å². The maximum Gasteiger partial charge on any atom is 0.312 e. The van der Waals surface area contributed by atoms with Crippen molar-refractivity contribution in [1.29, 1.82) is 0 Å². The standard InChI is InChI=1S/C19H35NO4/c1-5-6-10-24-18(21)19(14(2)3)9-7-15(12-19)20-16-8-11-23-13-17(16)22-4/h14-17,20H,5-13H2,1-4H3/t15-,16+,17-,19+/m1/s1. The number of carbonyl (C=O) groups is 1. The van der Waals surface area contributed by atoms with Crippen LogP contribution in [-0.2, 0) is 19.0 Å². The van der Waals surface area contributed by atoms with Crippen LogP contribution in [0, 0.1) is 11.3 Å². The second kappa shape index (κ2) is 9.16. The van der Waals surface area contributed by atoms with Gasteiger partial charge in [0, 0.05) is 25.8 Å². The summed E-state index contributed by atoms with van der Waals surface area (Å²) in [5, 5.41) is 3.74. The van der Waals surface area contributed by atoms with Crippen LogP contribution in [0.2, 0.25) is 0 Å². The van der Waals surface area contributed by atoms with Crippen molar-refractivity contribution >= 4 is 5.97 Å². The summed E-state index contributed by atoms with van der Waals surface area (Å²) in [5.74, 6) is 0.303. The van der Waals surface area contributed by atoms with Crippen LogP contribution in [0.1, 0.15) is 59.3 Å². The predicted molar refractivity (Wildman–Crippen MR) is 93.9 cm³/mol. The van der Waals surface area contributed by atoms with Gasteiger partial charge in [0.15, 0.2) is 0 Å². The zero-order valence-corrected chi connectivity index (χ0v) is 15.8. The minimum Gasteiger partial charge on any atom is -0.465 e. The zero-order valence-electron chi connectivity index (χ0n) is 15.8. The van der Waals surface area contributed by atoms with Crippen LogP contribution in [-0.4, -0.2) is 51.1 Å². The number of unbranched alkanes of at least 4 members (excludes halogenated alkanes) is 1. The van der Waals surface area contributed by atoms with E-state index in [1.807, 2.05) is 0 Å². The average Bonchev–Trinajstić information content (AvgIpc) is 3.01. The molecular weight excluding hydrogens is 306 g/mol. The molecule has 5 nitrogen and oxygen atoms in total. The van der Waals surface area contributed by atoms with E-state index >= 15 is 0 Å². The molecule has 1 heterocycles. The first kappa shape index (κ1) is 19.7. The summed E-state index contributed by atoms with van der Waals surface area (Å²) in [6.07, 6.45) is 5.86. The summed E-state index contributed by atoms with van der Waals surface area (Å²) in [6.45, 7) is 8.38. The Morgan fingerprint density at radius 3 is 2.83 bits per heavy atom. The van der Waals surface area contributed by atoms with Gasteiger partial charge in [0.05, 0.1) is 24.7 Å². The lowest BCUT2D eigenvalue weighted by Crippen LogP contribution is -2.51. The van der Waals surface area contributed by atoms with Gasteiger partial charge in [0.25, 0.3) is 0 Å². The van der Waals surface area contributed by atoms with Gasteiger partial charge in [-0.05, 0) is 38.0 Å². The molecule has 0 spiro atoms. The Balaban J connectivity index is 1.95. The fourth-order valence-electron chi connectivity index (χ4n) is 4.05. The van der Waals surface area contributed by atoms with Gasteiger partial charge in [-0.15, -0.1) is 0 Å². The van der Waals surface area contributed by atoms with Crippen molar-refractivity contribution in [1.82, 2.24) is 5.32 Å². The summed E-state index contributed by atoms with van der Waals surface area (Å²) < 4.78 is 16.6. The Labute approximate surface area is 146 Å². The van der Waals surface area contributed by atoms with Crippen LogP contribution >= 0.6 is 0 Å². The lowest BCUT2D eigenvalue weighted by atomic mass is 9.75. The van der Waals surface area contributed by atoms with E-state index in [1.165, 1.54) is 0 Å². The molecule has 1 N–H and O–H groups in total. The highest BCUT2D eigenvalue weighted by molar-refractivity contribution is 5.77. The topological polar surface area (TPSA) is 56.8 Å². The number of nitrogens with one attached hydrogen (secondary N) is 1. The van der Waals surface area contributed by atoms with Crippen molar-refractivity contribution in [2.45, 2.75) is 77.5 Å². The van der Waals surface area contributed by atoms with E-state index in [9.17, 15) is 4.79 Å². The van der Waals surface area contributed by atoms with Gasteiger partial charge in [0.1, 0.15) is 0 Å². The van der Waals surface area contributed by atoms with Crippen LogP contribution < -0.4 is 5.32 Å². The molecular formula is C19H35NO4. The molecule has 2 fully saturated rings. The molecule has 2 aliphatic rings. The molecule has 0 bridgehead atoms. The van der Waals surface area contributed by atoms with Gasteiger partial charge in [0.2, 0.25) is 0 Å². The molecule has 0 unspecified atom stereocenters. The maximum atomic E-state index is 12.7. The Kier molecular flexibility index (Phi) is 7.51. The molecule has 4 atom stereocenters. The summed E-state index contributed by atoms with van der Waals surface area (Å²) in [6, 6.07) is 0.666. The number of rotatable bonds is 8. The van der Waals surface area contributed by atoms with Gasteiger partial charge in [-0.2, -0.15) is 0 Å². The first-order valence-corrected chi connectivity index (χ1v) is 9.57. The molecule has 0 aromatic heterocycles. The molecule has 1 aliphatic carbocycles. The average molecular weight is 341 g/mol. The molecule has 0 aromatic carbocycles. The molecule has 0 aromatic rings. The van der Waals surface area contributed by atoms with E-state index in [1.54, 1.807) is 7.11 Å². The molecule has 1 aliphatic heterocycles. The highest BCUT2D eigenvalue weighted by atomic mass is 16.5. The molecule has 140 valence electrons. The first-order chi connectivity index (χ1) is 11.5. The Morgan fingerprint density at radius 1 is 1.38 bits per heavy atom. The summed E-state index contributed by atoms with van der Waals surface area (Å²) in [7, 11) is 1.74. The van der Waals surface area contributed by atoms with Gasteiger partial charge >= 0.3 is 5.97 Å². The van der Waals surface area contributed by atoms with Gasteiger partial charge < -0.3 is 19.5 Å². The Bertz CT molecular complexity index is 401. The van der Waals surface area contributed by atoms with E-state index in [4.69, 9.17) is 14.2 Å². The number of hydrogen-bond donors (Lipinski definition) is 1. The molecule has 0 radical (unpaired) electrons. The zero-order chi connectivity index (χ0) is 17.6. The van der Waals surface area contributed by atoms with Crippen LogP contribution in [0.3, 0.4) is 0 Å². The lowest BCUT2D eigenvalue weighted by Gasteiger charge is -2.35. The second-order valence-electron chi connectivity index (χ2n) is 7.65. The molecule has 24 heavy (non-hydrogen) atoms. The summed E-state index contributed by atoms with van der Waals surface area (Å²) >= 11 is 0. The molecule has 1 saturated heterocycles. The van der Waals surface area contributed by atoms with E-state index in [2.05, 4.69) is 26.1 Å². The number of esters is 1. The third-order valence-electron chi connectivity index (χ3n) is 5.85. The van der Waals surface area contributed by atoms with Crippen molar-refractivity contribution in [3.8, 4) is 0 Å². The smallest absolute Gasteiger partial charge is 0.312 e. The summed E-state index contributed by atoms with van der Waals surface area (Å²) in [5.41, 5.74) is -0.334. The highest BCUT2D eigenvalue weighted by Crippen LogP contribution is 2.45. The minimum absolute atomic E-state index is 0.00511. The van der Waals surface area contributed by atoms with Crippen LogP contribution in [0.5, 0.6) is 0 Å². The molecule has 2 rings (SSSR count). The maximum absolute atomic E-state index is 12.7. The third kappa shape index (κ3) is 4.50. The largest absolute Gasteiger partial charge is 0.465 e. The fraction of sp³-hybridized carbons (Fsp3) is 0.947. The monoisotopic (exact) mass is 341 g/mol. The van der Waals surface area contributed by atoms with Crippen molar-refractivity contribution in [2.24, 2.45) is 11.3 Å². The number of methoxy groups -OCH3 is 1. The molecule has 5 heteroatoms. The van der Waals surface area contributed by atoms with Crippen LogP contribution in [0.4, 0.5) is 0 Å². The van der Waals surface area contributed by atoms with Crippen molar-refractivity contribution in [3.63, 3.8) is 0 Å². The van der Waals surface area contributed by atoms with E-state index in [0.717, 1.165) is 45.1 Å². The number of hydrogen-bond acceptors (Lipinski definition) is 5. The van der Waals surface area contributed by atoms with E-state index in [0.29, 0.717) is 31.2 Å². The Hall–Kier alpha value is -0.650. The quantitative estimate of drug-likeness (QED) is 0.543. The normalized spacial score (nSPS) is 33.8. The highest BCUT2D eigenvalue weighted by Gasteiger charge is 2.49. The first-order valence-electron chi connectivity index (χ1n) is 9.57. The summed E-state index contributed by atoms with van der Waals surface area (Å²) in [4.78, 5) is 12.7.